The first-order valence-electron chi connectivity index (χ1n) is 10.0. The Morgan fingerprint density at radius 3 is 2.12 bits per heavy atom. The fraction of sp³-hybridized carbons (Fsp3) is 0.667. The third-order valence-electron chi connectivity index (χ3n) is 6.47. The SMILES string of the molecule is O=C(NC1CC2CCCC(C1)N2C1CCCCC1)c1ccc(Cl)cc1. The Kier molecular flexibility index (Phi) is 5.33. The molecule has 4 rings (SSSR count). The Bertz CT molecular complexity index is 582. The maximum atomic E-state index is 12.6. The number of hydrogen-bond donors (Lipinski definition) is 1. The van der Waals surface area contributed by atoms with Crippen LogP contribution in [0.3, 0.4) is 0 Å². The van der Waals surface area contributed by atoms with Crippen LogP contribution >= 0.6 is 11.6 Å². The Morgan fingerprint density at radius 2 is 1.48 bits per heavy atom. The average molecular weight is 361 g/mol. The molecule has 3 aliphatic rings. The molecule has 3 nitrogen and oxygen atoms in total. The first-order valence-corrected chi connectivity index (χ1v) is 10.4. The number of halogens is 1. The van der Waals surface area contributed by atoms with Gasteiger partial charge in [-0.25, -0.2) is 0 Å². The van der Waals surface area contributed by atoms with Crippen molar-refractivity contribution in [3.63, 3.8) is 0 Å². The van der Waals surface area contributed by atoms with Crippen molar-refractivity contribution in [1.29, 1.82) is 0 Å². The van der Waals surface area contributed by atoms with Crippen LogP contribution < -0.4 is 5.32 Å². The van der Waals surface area contributed by atoms with E-state index in [9.17, 15) is 4.79 Å². The average Bonchev–Trinajstić information content (AvgIpc) is 2.62. The third-order valence-corrected chi connectivity index (χ3v) is 6.72. The zero-order chi connectivity index (χ0) is 17.2. The lowest BCUT2D eigenvalue weighted by molar-refractivity contribution is -0.0211. The highest BCUT2D eigenvalue weighted by atomic mass is 35.5. The minimum absolute atomic E-state index is 0.0471. The van der Waals surface area contributed by atoms with E-state index < -0.39 is 0 Å². The van der Waals surface area contributed by atoms with Gasteiger partial charge in [-0.3, -0.25) is 9.69 Å². The van der Waals surface area contributed by atoms with Gasteiger partial charge in [0, 0.05) is 34.8 Å². The summed E-state index contributed by atoms with van der Waals surface area (Å²) in [5.74, 6) is 0.0471. The molecule has 2 heterocycles. The summed E-state index contributed by atoms with van der Waals surface area (Å²) in [6.07, 6.45) is 13.2. The fourth-order valence-electron chi connectivity index (χ4n) is 5.38. The first kappa shape index (κ1) is 17.4. The van der Waals surface area contributed by atoms with Crippen molar-refractivity contribution in [1.82, 2.24) is 10.2 Å². The van der Waals surface area contributed by atoms with E-state index in [1.165, 1.54) is 51.4 Å². The summed E-state index contributed by atoms with van der Waals surface area (Å²) in [5, 5.41) is 3.97. The van der Waals surface area contributed by atoms with Crippen LogP contribution in [0.2, 0.25) is 5.02 Å². The lowest BCUT2D eigenvalue weighted by atomic mass is 9.78. The summed E-state index contributed by atoms with van der Waals surface area (Å²) in [6.45, 7) is 0. The molecule has 136 valence electrons. The second-order valence-corrected chi connectivity index (χ2v) is 8.56. The highest BCUT2D eigenvalue weighted by molar-refractivity contribution is 6.30. The van der Waals surface area contributed by atoms with Crippen molar-refractivity contribution < 1.29 is 4.79 Å². The molecular formula is C21H29ClN2O. The predicted octanol–water partition coefficient (Wildman–Crippen LogP) is 4.79. The smallest absolute Gasteiger partial charge is 0.251 e. The van der Waals surface area contributed by atoms with E-state index in [1.807, 2.05) is 12.1 Å². The van der Waals surface area contributed by atoms with Gasteiger partial charge in [0.1, 0.15) is 0 Å². The predicted molar refractivity (Wildman–Crippen MR) is 102 cm³/mol. The van der Waals surface area contributed by atoms with E-state index in [0.717, 1.165) is 18.9 Å². The molecule has 0 radical (unpaired) electrons. The molecule has 1 N–H and O–H groups in total. The number of amides is 1. The van der Waals surface area contributed by atoms with Crippen LogP contribution in [0.5, 0.6) is 0 Å². The second kappa shape index (κ2) is 7.67. The van der Waals surface area contributed by atoms with E-state index in [4.69, 9.17) is 11.6 Å². The van der Waals surface area contributed by atoms with Crippen molar-refractivity contribution in [3.8, 4) is 0 Å². The molecule has 2 unspecified atom stereocenters. The van der Waals surface area contributed by atoms with Crippen LogP contribution in [-0.4, -0.2) is 35.0 Å². The molecule has 0 spiro atoms. The van der Waals surface area contributed by atoms with Crippen LogP contribution in [0, 0.1) is 0 Å². The zero-order valence-corrected chi connectivity index (χ0v) is 15.7. The highest BCUT2D eigenvalue weighted by Crippen LogP contribution is 2.39. The third kappa shape index (κ3) is 3.88. The van der Waals surface area contributed by atoms with Crippen LogP contribution in [0.25, 0.3) is 0 Å². The van der Waals surface area contributed by atoms with E-state index in [0.29, 0.717) is 28.7 Å². The van der Waals surface area contributed by atoms with Crippen LogP contribution in [0.1, 0.15) is 74.6 Å². The molecule has 25 heavy (non-hydrogen) atoms. The molecule has 2 aliphatic heterocycles. The number of fused-ring (bicyclic) bond motifs is 2. The molecule has 2 atom stereocenters. The number of carbonyl (C=O) groups excluding carboxylic acids is 1. The van der Waals surface area contributed by atoms with Gasteiger partial charge < -0.3 is 5.32 Å². The van der Waals surface area contributed by atoms with Gasteiger partial charge >= 0.3 is 0 Å². The molecule has 1 aromatic rings. The largest absolute Gasteiger partial charge is 0.349 e. The number of piperidine rings is 2. The molecular weight excluding hydrogens is 332 g/mol. The van der Waals surface area contributed by atoms with E-state index >= 15 is 0 Å². The van der Waals surface area contributed by atoms with Crippen LogP contribution in [0.4, 0.5) is 0 Å². The molecule has 1 amide bonds. The van der Waals surface area contributed by atoms with Gasteiger partial charge in [0.15, 0.2) is 0 Å². The van der Waals surface area contributed by atoms with Crippen molar-refractivity contribution in [2.24, 2.45) is 0 Å². The standard InChI is InChI=1S/C21H29ClN2O/c22-16-11-9-15(10-12-16)21(25)23-17-13-19-7-4-8-20(14-17)24(19)18-5-2-1-3-6-18/h9-12,17-20H,1-8,13-14H2,(H,23,25). The van der Waals surface area contributed by atoms with Gasteiger partial charge in [0.2, 0.25) is 0 Å². The lowest BCUT2D eigenvalue weighted by Gasteiger charge is -2.53. The van der Waals surface area contributed by atoms with Gasteiger partial charge in [-0.15, -0.1) is 0 Å². The number of rotatable bonds is 3. The van der Waals surface area contributed by atoms with Crippen LogP contribution in [-0.2, 0) is 0 Å². The summed E-state index contributed by atoms with van der Waals surface area (Å²) in [7, 11) is 0. The summed E-state index contributed by atoms with van der Waals surface area (Å²) < 4.78 is 0. The molecule has 3 fully saturated rings. The highest BCUT2D eigenvalue weighted by Gasteiger charge is 2.42. The quantitative estimate of drug-likeness (QED) is 0.840. The topological polar surface area (TPSA) is 32.3 Å². The molecule has 1 aromatic carbocycles. The Morgan fingerprint density at radius 1 is 0.880 bits per heavy atom. The minimum Gasteiger partial charge on any atom is -0.349 e. The molecule has 1 aliphatic carbocycles. The van der Waals surface area contributed by atoms with Gasteiger partial charge in [0.05, 0.1) is 0 Å². The fourth-order valence-corrected chi connectivity index (χ4v) is 5.51. The monoisotopic (exact) mass is 360 g/mol. The first-order chi connectivity index (χ1) is 12.2. The van der Waals surface area contributed by atoms with Crippen molar-refractivity contribution in [2.75, 3.05) is 0 Å². The number of benzene rings is 1. The van der Waals surface area contributed by atoms with E-state index in [-0.39, 0.29) is 5.91 Å². The Hall–Kier alpha value is -1.06. The van der Waals surface area contributed by atoms with Gasteiger partial charge in [0.25, 0.3) is 5.91 Å². The summed E-state index contributed by atoms with van der Waals surface area (Å²) in [4.78, 5) is 15.4. The molecule has 2 saturated heterocycles. The number of nitrogens with one attached hydrogen (secondary N) is 1. The normalized spacial score (nSPS) is 30.8. The van der Waals surface area contributed by atoms with E-state index in [1.54, 1.807) is 12.1 Å². The number of hydrogen-bond acceptors (Lipinski definition) is 2. The van der Waals surface area contributed by atoms with E-state index in [2.05, 4.69) is 10.2 Å². The van der Waals surface area contributed by atoms with Crippen molar-refractivity contribution in [2.45, 2.75) is 88.4 Å². The van der Waals surface area contributed by atoms with Crippen LogP contribution in [0.15, 0.2) is 24.3 Å². The van der Waals surface area contributed by atoms with Crippen molar-refractivity contribution >= 4 is 17.5 Å². The van der Waals surface area contributed by atoms with Gasteiger partial charge in [-0.2, -0.15) is 0 Å². The summed E-state index contributed by atoms with van der Waals surface area (Å²) in [6, 6.07) is 9.67. The number of nitrogens with zero attached hydrogens (tertiary/aromatic N) is 1. The number of carbonyl (C=O) groups is 1. The minimum atomic E-state index is 0.0471. The molecule has 4 heteroatoms. The molecule has 0 aromatic heterocycles. The Balaban J connectivity index is 1.40. The summed E-state index contributed by atoms with van der Waals surface area (Å²) >= 11 is 5.93. The molecule has 2 bridgehead atoms. The zero-order valence-electron chi connectivity index (χ0n) is 14.9. The van der Waals surface area contributed by atoms with Gasteiger partial charge in [-0.05, 0) is 62.8 Å². The maximum absolute atomic E-state index is 12.6. The second-order valence-electron chi connectivity index (χ2n) is 8.13. The summed E-state index contributed by atoms with van der Waals surface area (Å²) in [5.41, 5.74) is 0.712. The lowest BCUT2D eigenvalue weighted by Crippen LogP contribution is -2.60. The Labute approximate surface area is 156 Å². The maximum Gasteiger partial charge on any atom is 0.251 e. The van der Waals surface area contributed by atoms with Crippen molar-refractivity contribution in [3.05, 3.63) is 34.9 Å². The molecule has 1 saturated carbocycles. The van der Waals surface area contributed by atoms with Gasteiger partial charge in [-0.1, -0.05) is 37.3 Å².